The van der Waals surface area contributed by atoms with Crippen molar-refractivity contribution < 1.29 is 26.3 Å². The second kappa shape index (κ2) is 6.91. The molecule has 0 saturated heterocycles. The first kappa shape index (κ1) is 18.8. The van der Waals surface area contributed by atoms with E-state index in [0.29, 0.717) is 18.0 Å². The van der Waals surface area contributed by atoms with Gasteiger partial charge in [-0.2, -0.15) is 31.6 Å². The molecule has 0 aliphatic heterocycles. The molecule has 0 N–H and O–H groups in total. The van der Waals surface area contributed by atoms with Crippen molar-refractivity contribution in [2.24, 2.45) is 0 Å². The second-order valence-corrected chi connectivity index (χ2v) is 6.38. The molecule has 1 atom stereocenters. The summed E-state index contributed by atoms with van der Waals surface area (Å²) < 4.78 is 71.3. The third-order valence-electron chi connectivity index (χ3n) is 2.29. The number of thioether (sulfide) groups is 1. The smallest absolute Gasteiger partial charge is 0.257 e. The summed E-state index contributed by atoms with van der Waals surface area (Å²) in [5, 5.41) is 8.95. The van der Waals surface area contributed by atoms with Crippen LogP contribution in [0.15, 0.2) is 12.4 Å². The van der Waals surface area contributed by atoms with Crippen LogP contribution in [-0.4, -0.2) is 26.1 Å². The fraction of sp³-hybridized carbons (Fsp3) is 0.545. The lowest BCUT2D eigenvalue weighted by atomic mass is 10.2. The lowest BCUT2D eigenvalue weighted by molar-refractivity contribution is -0.141. The van der Waals surface area contributed by atoms with E-state index in [9.17, 15) is 26.3 Å². The molecule has 1 rings (SSSR count). The predicted molar refractivity (Wildman–Crippen MR) is 68.1 cm³/mol. The van der Waals surface area contributed by atoms with Crippen LogP contribution >= 0.6 is 23.4 Å². The van der Waals surface area contributed by atoms with E-state index in [0.717, 1.165) is 6.20 Å². The first-order valence-electron chi connectivity index (χ1n) is 5.64. The molecule has 0 spiro atoms. The van der Waals surface area contributed by atoms with Gasteiger partial charge in [0.05, 0.1) is 24.4 Å². The molecule has 0 aromatic carbocycles. The van der Waals surface area contributed by atoms with Gasteiger partial charge in [-0.05, 0) is 0 Å². The monoisotopic (exact) mass is 363 g/mol. The number of hydrogen-bond donors (Lipinski definition) is 0. The van der Waals surface area contributed by atoms with Crippen LogP contribution in [0.5, 0.6) is 0 Å². The second-order valence-electron chi connectivity index (χ2n) is 4.12. The van der Waals surface area contributed by atoms with E-state index in [1.807, 2.05) is 0 Å². The van der Waals surface area contributed by atoms with Crippen molar-refractivity contribution in [1.82, 2.24) is 9.97 Å². The maximum Gasteiger partial charge on any atom is 0.434 e. The Bertz CT molecular complexity index is 539. The van der Waals surface area contributed by atoms with Crippen molar-refractivity contribution >= 4 is 23.4 Å². The van der Waals surface area contributed by atoms with E-state index in [1.54, 1.807) is 6.07 Å². The zero-order valence-corrected chi connectivity index (χ0v) is 12.2. The molecule has 11 heteroatoms. The van der Waals surface area contributed by atoms with Crippen molar-refractivity contribution in [3.8, 4) is 6.07 Å². The van der Waals surface area contributed by atoms with Gasteiger partial charge in [-0.15, -0.1) is 11.8 Å². The Morgan fingerprint density at radius 3 is 2.18 bits per heavy atom. The van der Waals surface area contributed by atoms with E-state index in [1.165, 1.54) is 0 Å². The summed E-state index contributed by atoms with van der Waals surface area (Å²) in [7, 11) is 0. The minimum absolute atomic E-state index is 0.0240. The van der Waals surface area contributed by atoms with Crippen molar-refractivity contribution in [2.45, 2.75) is 29.4 Å². The van der Waals surface area contributed by atoms with Gasteiger partial charge in [-0.3, -0.25) is 4.98 Å². The van der Waals surface area contributed by atoms with Crippen molar-refractivity contribution in [3.05, 3.63) is 23.8 Å². The number of halogens is 7. The summed E-state index contributed by atoms with van der Waals surface area (Å²) in [5.41, 5.74) is -1.23. The molecule has 1 heterocycles. The normalized spacial score (nSPS) is 15.2. The van der Waals surface area contributed by atoms with Gasteiger partial charge >= 0.3 is 12.4 Å². The Kier molecular flexibility index (Phi) is 5.92. The molecule has 3 nitrogen and oxygen atoms in total. The SMILES string of the molecule is N#CC(Cl)(Cc1cnc(C(F)(F)F)cn1)SCCC(F)(F)F. The summed E-state index contributed by atoms with van der Waals surface area (Å²) in [6.45, 7) is 0. The van der Waals surface area contributed by atoms with Gasteiger partial charge in [0.2, 0.25) is 0 Å². The van der Waals surface area contributed by atoms with Crippen LogP contribution in [0.2, 0.25) is 0 Å². The first-order chi connectivity index (χ1) is 9.95. The largest absolute Gasteiger partial charge is 0.434 e. The molecule has 122 valence electrons. The Morgan fingerprint density at radius 2 is 1.77 bits per heavy atom. The van der Waals surface area contributed by atoms with E-state index >= 15 is 0 Å². The topological polar surface area (TPSA) is 49.6 Å². The molecule has 1 aromatic heterocycles. The standard InChI is InChI=1S/C11H8ClF6N3S/c12-9(6-19,22-2-1-10(13,14)15)3-7-4-21-8(5-20-7)11(16,17)18/h4-5H,1-3H2. The van der Waals surface area contributed by atoms with Gasteiger partial charge in [0.25, 0.3) is 0 Å². The van der Waals surface area contributed by atoms with Crippen molar-refractivity contribution in [3.63, 3.8) is 0 Å². The maximum absolute atomic E-state index is 12.3. The molecule has 1 unspecified atom stereocenters. The Labute approximate surface area is 130 Å². The molecule has 0 fully saturated rings. The van der Waals surface area contributed by atoms with Crippen LogP contribution in [0.3, 0.4) is 0 Å². The number of hydrogen-bond acceptors (Lipinski definition) is 4. The average Bonchev–Trinajstić information content (AvgIpc) is 2.36. The predicted octanol–water partition coefficient (Wildman–Crippen LogP) is 4.18. The molecular weight excluding hydrogens is 356 g/mol. The highest BCUT2D eigenvalue weighted by Gasteiger charge is 2.35. The van der Waals surface area contributed by atoms with E-state index in [4.69, 9.17) is 16.9 Å². The Morgan fingerprint density at radius 1 is 1.14 bits per heavy atom. The van der Waals surface area contributed by atoms with Crippen LogP contribution < -0.4 is 0 Å². The number of nitrogens with zero attached hydrogens (tertiary/aromatic N) is 3. The van der Waals surface area contributed by atoms with Crippen molar-refractivity contribution in [1.29, 1.82) is 5.26 Å². The van der Waals surface area contributed by atoms with Crippen LogP contribution in [0.1, 0.15) is 17.8 Å². The minimum atomic E-state index is -4.65. The maximum atomic E-state index is 12.3. The number of alkyl halides is 7. The zero-order valence-electron chi connectivity index (χ0n) is 10.7. The lowest BCUT2D eigenvalue weighted by Gasteiger charge is -2.18. The van der Waals surface area contributed by atoms with Gasteiger partial charge in [0, 0.05) is 18.4 Å². The third-order valence-corrected chi connectivity index (χ3v) is 3.93. The summed E-state index contributed by atoms with van der Waals surface area (Å²) >= 11 is 6.41. The van der Waals surface area contributed by atoms with Crippen LogP contribution in [-0.2, 0) is 12.6 Å². The third kappa shape index (κ3) is 6.27. The summed E-state index contributed by atoms with van der Waals surface area (Å²) in [6.07, 6.45) is -9.23. The van der Waals surface area contributed by atoms with Gasteiger partial charge in [-0.25, -0.2) is 4.98 Å². The fourth-order valence-electron chi connectivity index (χ4n) is 1.28. The lowest BCUT2D eigenvalue weighted by Crippen LogP contribution is -2.21. The Hall–Kier alpha value is -1.21. The molecule has 0 aliphatic carbocycles. The molecule has 0 amide bonds. The highest BCUT2D eigenvalue weighted by Crippen LogP contribution is 2.35. The van der Waals surface area contributed by atoms with E-state index in [2.05, 4.69) is 9.97 Å². The summed E-state index contributed by atoms with van der Waals surface area (Å²) in [6, 6.07) is 1.63. The van der Waals surface area contributed by atoms with Gasteiger partial charge in [0.15, 0.2) is 9.90 Å². The summed E-state index contributed by atoms with van der Waals surface area (Å²) in [5.74, 6) is -0.450. The molecule has 0 saturated carbocycles. The average molecular weight is 364 g/mol. The fourth-order valence-corrected chi connectivity index (χ4v) is 2.62. The minimum Gasteiger partial charge on any atom is -0.257 e. The number of rotatable bonds is 5. The molecule has 22 heavy (non-hydrogen) atoms. The highest BCUT2D eigenvalue weighted by atomic mass is 35.5. The van der Waals surface area contributed by atoms with Crippen LogP contribution in [0.4, 0.5) is 26.3 Å². The van der Waals surface area contributed by atoms with Gasteiger partial charge in [-0.1, -0.05) is 11.6 Å². The zero-order chi connectivity index (χ0) is 17.0. The molecule has 1 aromatic rings. The first-order valence-corrected chi connectivity index (χ1v) is 7.00. The van der Waals surface area contributed by atoms with E-state index in [-0.39, 0.29) is 12.1 Å². The highest BCUT2D eigenvalue weighted by molar-refractivity contribution is 8.02. The van der Waals surface area contributed by atoms with Gasteiger partial charge < -0.3 is 0 Å². The van der Waals surface area contributed by atoms with Crippen LogP contribution in [0.25, 0.3) is 0 Å². The van der Waals surface area contributed by atoms with Gasteiger partial charge in [0.1, 0.15) is 0 Å². The molecule has 0 radical (unpaired) electrons. The number of nitriles is 1. The quantitative estimate of drug-likeness (QED) is 0.581. The molecule has 0 aliphatic rings. The van der Waals surface area contributed by atoms with Crippen molar-refractivity contribution in [2.75, 3.05) is 5.75 Å². The summed E-state index contributed by atoms with van der Waals surface area (Å²) in [4.78, 5) is 6.62. The number of aromatic nitrogens is 2. The Balaban J connectivity index is 2.71. The van der Waals surface area contributed by atoms with E-state index < -0.39 is 34.4 Å². The molecule has 0 bridgehead atoms. The molecular formula is C11H8ClF6N3S. The van der Waals surface area contributed by atoms with Crippen LogP contribution in [0, 0.1) is 11.3 Å².